The van der Waals surface area contributed by atoms with Gasteiger partial charge in [-0.05, 0) is 25.1 Å². The summed E-state index contributed by atoms with van der Waals surface area (Å²) in [5.74, 6) is 1.73. The molecule has 2 aromatic heterocycles. The first-order valence-electron chi connectivity index (χ1n) is 8.02. The average Bonchev–Trinajstić information content (AvgIpc) is 3.11. The van der Waals surface area contributed by atoms with Gasteiger partial charge in [0, 0.05) is 37.9 Å². The molecule has 1 aromatic carbocycles. The first-order chi connectivity index (χ1) is 12.2. The second kappa shape index (κ2) is 8.05. The van der Waals surface area contributed by atoms with Crippen molar-refractivity contribution in [3.8, 4) is 17.4 Å². The number of imidazole rings is 1. The number of nitrogens with one attached hydrogen (secondary N) is 1. The molecule has 1 atom stereocenters. The summed E-state index contributed by atoms with van der Waals surface area (Å²) in [5, 5.41) is 2.87. The lowest BCUT2D eigenvalue weighted by Gasteiger charge is -2.15. The lowest BCUT2D eigenvalue weighted by Crippen LogP contribution is -2.37. The lowest BCUT2D eigenvalue weighted by molar-refractivity contribution is -0.127. The molecule has 0 spiro atoms. The second-order valence-corrected chi connectivity index (χ2v) is 5.38. The van der Waals surface area contributed by atoms with E-state index < -0.39 is 6.10 Å². The van der Waals surface area contributed by atoms with E-state index in [1.54, 1.807) is 31.6 Å². The third-order valence-corrected chi connectivity index (χ3v) is 3.56. The minimum absolute atomic E-state index is 0.165. The molecule has 0 aliphatic rings. The number of aromatic nitrogens is 4. The van der Waals surface area contributed by atoms with E-state index in [2.05, 4.69) is 20.3 Å². The summed E-state index contributed by atoms with van der Waals surface area (Å²) in [6.45, 7) is 2.75. The second-order valence-electron chi connectivity index (χ2n) is 5.38. The molecular weight excluding hydrogens is 318 g/mol. The molecule has 3 aromatic rings. The molecule has 3 rings (SSSR count). The highest BCUT2D eigenvalue weighted by molar-refractivity contribution is 5.80. The zero-order valence-corrected chi connectivity index (χ0v) is 13.9. The lowest BCUT2D eigenvalue weighted by atomic mass is 10.3. The zero-order chi connectivity index (χ0) is 17.5. The fraction of sp³-hybridized carbons (Fsp3) is 0.222. The van der Waals surface area contributed by atoms with Crippen LogP contribution < -0.4 is 10.1 Å². The third-order valence-electron chi connectivity index (χ3n) is 3.56. The molecule has 0 radical (unpaired) electrons. The fourth-order valence-electron chi connectivity index (χ4n) is 2.31. The number of amides is 1. The van der Waals surface area contributed by atoms with Crippen molar-refractivity contribution in [2.75, 3.05) is 6.54 Å². The first-order valence-corrected chi connectivity index (χ1v) is 8.02. The molecule has 0 saturated heterocycles. The molecule has 1 N–H and O–H groups in total. The van der Waals surface area contributed by atoms with Gasteiger partial charge < -0.3 is 14.6 Å². The number of carbonyl (C=O) groups is 1. The molecule has 0 aliphatic carbocycles. The summed E-state index contributed by atoms with van der Waals surface area (Å²) in [7, 11) is 0. The molecule has 7 heteroatoms. The minimum atomic E-state index is -0.567. The highest BCUT2D eigenvalue weighted by atomic mass is 16.5. The number of rotatable bonds is 7. The Balaban J connectivity index is 1.52. The Morgan fingerprint density at radius 2 is 1.88 bits per heavy atom. The van der Waals surface area contributed by atoms with Crippen molar-refractivity contribution in [3.63, 3.8) is 0 Å². The van der Waals surface area contributed by atoms with Crippen molar-refractivity contribution in [1.29, 1.82) is 0 Å². The highest BCUT2D eigenvalue weighted by Gasteiger charge is 2.14. The Morgan fingerprint density at radius 1 is 1.12 bits per heavy atom. The van der Waals surface area contributed by atoms with E-state index in [9.17, 15) is 4.79 Å². The first kappa shape index (κ1) is 16.6. The summed E-state index contributed by atoms with van der Waals surface area (Å²) in [4.78, 5) is 24.8. The highest BCUT2D eigenvalue weighted by Crippen LogP contribution is 2.12. The van der Waals surface area contributed by atoms with Crippen molar-refractivity contribution in [2.24, 2.45) is 0 Å². The van der Waals surface area contributed by atoms with Gasteiger partial charge in [-0.15, -0.1) is 0 Å². The molecular formula is C18H19N5O2. The van der Waals surface area contributed by atoms with Crippen LogP contribution >= 0.6 is 0 Å². The topological polar surface area (TPSA) is 81.9 Å². The van der Waals surface area contributed by atoms with Crippen LogP contribution in [0.15, 0.2) is 61.2 Å². The quantitative estimate of drug-likeness (QED) is 0.712. The van der Waals surface area contributed by atoms with Crippen LogP contribution in [0.25, 0.3) is 11.6 Å². The molecule has 2 heterocycles. The summed E-state index contributed by atoms with van der Waals surface area (Å²) in [5.41, 5.74) is 0. The fourth-order valence-corrected chi connectivity index (χ4v) is 2.31. The number of para-hydroxylation sites is 1. The van der Waals surface area contributed by atoms with Gasteiger partial charge in [0.1, 0.15) is 5.75 Å². The van der Waals surface area contributed by atoms with Gasteiger partial charge >= 0.3 is 0 Å². The maximum atomic E-state index is 12.1. The van der Waals surface area contributed by atoms with Crippen LogP contribution in [0.2, 0.25) is 0 Å². The van der Waals surface area contributed by atoms with Crippen LogP contribution in [0, 0.1) is 0 Å². The van der Waals surface area contributed by atoms with Crippen LogP contribution in [0.5, 0.6) is 5.75 Å². The normalized spacial score (nSPS) is 11.7. The van der Waals surface area contributed by atoms with Gasteiger partial charge in [-0.3, -0.25) is 4.79 Å². The zero-order valence-electron chi connectivity index (χ0n) is 13.9. The molecule has 0 unspecified atom stereocenters. The Hall–Kier alpha value is -3.22. The summed E-state index contributed by atoms with van der Waals surface area (Å²) >= 11 is 0. The van der Waals surface area contributed by atoms with E-state index in [0.29, 0.717) is 30.5 Å². The number of hydrogen-bond acceptors (Lipinski definition) is 5. The summed E-state index contributed by atoms with van der Waals surface area (Å²) in [6, 6.07) is 11.0. The predicted octanol–water partition coefficient (Wildman–Crippen LogP) is 1.92. The van der Waals surface area contributed by atoms with E-state index in [1.165, 1.54) is 0 Å². The van der Waals surface area contributed by atoms with E-state index >= 15 is 0 Å². The maximum absolute atomic E-state index is 12.1. The van der Waals surface area contributed by atoms with Gasteiger partial charge in [-0.25, -0.2) is 15.0 Å². The van der Waals surface area contributed by atoms with Crippen molar-refractivity contribution in [3.05, 3.63) is 61.2 Å². The molecule has 128 valence electrons. The van der Waals surface area contributed by atoms with Crippen LogP contribution in [0.4, 0.5) is 0 Å². The average molecular weight is 337 g/mol. The van der Waals surface area contributed by atoms with Gasteiger partial charge in [0.15, 0.2) is 17.8 Å². The van der Waals surface area contributed by atoms with E-state index in [4.69, 9.17) is 4.74 Å². The Morgan fingerprint density at radius 3 is 2.64 bits per heavy atom. The third kappa shape index (κ3) is 4.41. The summed E-state index contributed by atoms with van der Waals surface area (Å²) < 4.78 is 7.51. The van der Waals surface area contributed by atoms with Gasteiger partial charge in [0.05, 0.1) is 0 Å². The Kier molecular flexibility index (Phi) is 5.36. The monoisotopic (exact) mass is 337 g/mol. The molecule has 0 aliphatic heterocycles. The van der Waals surface area contributed by atoms with Crippen molar-refractivity contribution in [1.82, 2.24) is 24.8 Å². The molecule has 0 fully saturated rings. The van der Waals surface area contributed by atoms with Crippen molar-refractivity contribution in [2.45, 2.75) is 19.6 Å². The standard InChI is InChI=1S/C18H19N5O2/c1-14(25-15-6-3-2-4-7-15)18(24)22-11-13-23-12-10-21-17(23)16-19-8-5-9-20-16/h2-10,12,14H,11,13H2,1H3,(H,22,24)/t14-/m0/s1. The van der Waals surface area contributed by atoms with Crippen LogP contribution in [0.3, 0.4) is 0 Å². The molecule has 0 saturated carbocycles. The van der Waals surface area contributed by atoms with E-state index in [-0.39, 0.29) is 5.91 Å². The van der Waals surface area contributed by atoms with E-state index in [0.717, 1.165) is 0 Å². The minimum Gasteiger partial charge on any atom is -0.481 e. The van der Waals surface area contributed by atoms with E-state index in [1.807, 2.05) is 41.1 Å². The largest absolute Gasteiger partial charge is 0.481 e. The van der Waals surface area contributed by atoms with Crippen LogP contribution in [-0.2, 0) is 11.3 Å². The van der Waals surface area contributed by atoms with Crippen LogP contribution in [0.1, 0.15) is 6.92 Å². The number of benzene rings is 1. The number of nitrogens with zero attached hydrogens (tertiary/aromatic N) is 4. The number of ether oxygens (including phenoxy) is 1. The number of carbonyl (C=O) groups excluding carboxylic acids is 1. The molecule has 0 bridgehead atoms. The van der Waals surface area contributed by atoms with Crippen molar-refractivity contribution >= 4 is 5.91 Å². The molecule has 25 heavy (non-hydrogen) atoms. The summed E-state index contributed by atoms with van der Waals surface area (Å²) in [6.07, 6.45) is 6.30. The van der Waals surface area contributed by atoms with Gasteiger partial charge in [0.2, 0.25) is 0 Å². The van der Waals surface area contributed by atoms with Crippen LogP contribution in [-0.4, -0.2) is 38.1 Å². The molecule has 1 amide bonds. The van der Waals surface area contributed by atoms with Gasteiger partial charge in [-0.2, -0.15) is 0 Å². The predicted molar refractivity (Wildman–Crippen MR) is 92.8 cm³/mol. The van der Waals surface area contributed by atoms with Crippen molar-refractivity contribution < 1.29 is 9.53 Å². The van der Waals surface area contributed by atoms with Gasteiger partial charge in [0.25, 0.3) is 5.91 Å². The van der Waals surface area contributed by atoms with Gasteiger partial charge in [-0.1, -0.05) is 18.2 Å². The molecule has 7 nitrogen and oxygen atoms in total. The Bertz CT molecular complexity index is 805. The maximum Gasteiger partial charge on any atom is 0.260 e. The number of hydrogen-bond donors (Lipinski definition) is 1. The smallest absolute Gasteiger partial charge is 0.260 e. The Labute approximate surface area is 145 Å². The SMILES string of the molecule is C[C@H](Oc1ccccc1)C(=O)NCCn1ccnc1-c1ncccn1.